The van der Waals surface area contributed by atoms with Crippen molar-refractivity contribution in [3.8, 4) is 11.8 Å². The average Bonchev–Trinajstić information content (AvgIpc) is 3.13. The van der Waals surface area contributed by atoms with Gasteiger partial charge in [-0.05, 0) is 42.9 Å². The number of carbonyl (C=O) groups is 1. The van der Waals surface area contributed by atoms with Gasteiger partial charge in [-0.3, -0.25) is 4.79 Å². The van der Waals surface area contributed by atoms with E-state index in [0.29, 0.717) is 17.5 Å². The first kappa shape index (κ1) is 13.6. The molecule has 1 amide bonds. The Labute approximate surface area is 114 Å². The van der Waals surface area contributed by atoms with Crippen LogP contribution in [0.15, 0.2) is 18.2 Å². The molecule has 0 atom stereocenters. The number of hydrogen-bond donors (Lipinski definition) is 2. The number of nitrogens with two attached hydrogens (primary N) is 1. The second-order valence-electron chi connectivity index (χ2n) is 5.48. The first-order chi connectivity index (χ1) is 9.06. The minimum Gasteiger partial charge on any atom is -0.351 e. The van der Waals surface area contributed by atoms with Gasteiger partial charge in [0.05, 0.1) is 6.54 Å². The molecule has 3 heteroatoms. The van der Waals surface area contributed by atoms with Gasteiger partial charge in [0, 0.05) is 17.7 Å². The lowest BCUT2D eigenvalue weighted by Gasteiger charge is -2.12. The summed E-state index contributed by atoms with van der Waals surface area (Å²) >= 11 is 0. The van der Waals surface area contributed by atoms with Gasteiger partial charge in [0.2, 0.25) is 0 Å². The van der Waals surface area contributed by atoms with Crippen molar-refractivity contribution >= 4 is 5.91 Å². The maximum atomic E-state index is 12.2. The number of benzene rings is 1. The van der Waals surface area contributed by atoms with Crippen molar-refractivity contribution in [1.29, 1.82) is 0 Å². The van der Waals surface area contributed by atoms with E-state index in [2.05, 4.69) is 24.1 Å². The summed E-state index contributed by atoms with van der Waals surface area (Å²) in [7, 11) is 0. The molecule has 1 saturated carbocycles. The summed E-state index contributed by atoms with van der Waals surface area (Å²) in [5.41, 5.74) is 8.19. The predicted octanol–water partition coefficient (Wildman–Crippen LogP) is 1.84. The van der Waals surface area contributed by atoms with Gasteiger partial charge in [0.25, 0.3) is 5.91 Å². The zero-order chi connectivity index (χ0) is 13.9. The summed E-state index contributed by atoms with van der Waals surface area (Å²) in [6.07, 6.45) is 2.41. The molecule has 0 aliphatic heterocycles. The van der Waals surface area contributed by atoms with Crippen LogP contribution in [0.5, 0.6) is 0 Å². The molecule has 1 aliphatic carbocycles. The lowest BCUT2D eigenvalue weighted by atomic mass is 10.0. The first-order valence-corrected chi connectivity index (χ1v) is 6.62. The van der Waals surface area contributed by atoms with Crippen LogP contribution in [0.25, 0.3) is 0 Å². The van der Waals surface area contributed by atoms with Gasteiger partial charge in [-0.15, -0.1) is 0 Å². The van der Waals surface area contributed by atoms with Crippen LogP contribution >= 0.6 is 0 Å². The molecule has 3 N–H and O–H groups in total. The van der Waals surface area contributed by atoms with Crippen LogP contribution in [-0.4, -0.2) is 19.0 Å². The minimum atomic E-state index is -0.0120. The van der Waals surface area contributed by atoms with Crippen LogP contribution in [0.4, 0.5) is 0 Å². The second-order valence-corrected chi connectivity index (χ2v) is 5.48. The van der Waals surface area contributed by atoms with E-state index in [1.807, 2.05) is 25.1 Å². The number of carbonyl (C=O) groups excluding carboxylic acids is 1. The molecule has 1 aromatic carbocycles. The minimum absolute atomic E-state index is 0.0120. The molecule has 3 nitrogen and oxygen atoms in total. The largest absolute Gasteiger partial charge is 0.351 e. The average molecular weight is 256 g/mol. The zero-order valence-corrected chi connectivity index (χ0v) is 11.5. The Morgan fingerprint density at radius 1 is 1.47 bits per heavy atom. The molecular formula is C16H20N2O. The van der Waals surface area contributed by atoms with Gasteiger partial charge < -0.3 is 11.1 Å². The SMILES string of the molecule is Cc1c(C#CCN)cccc1C(=O)NCC1(C)CC1. The number of rotatable bonds is 3. The maximum Gasteiger partial charge on any atom is 0.251 e. The van der Waals surface area contributed by atoms with Gasteiger partial charge in [0.15, 0.2) is 0 Å². The lowest BCUT2D eigenvalue weighted by Crippen LogP contribution is -2.29. The highest BCUT2D eigenvalue weighted by atomic mass is 16.1. The Morgan fingerprint density at radius 3 is 2.84 bits per heavy atom. The molecule has 0 unspecified atom stereocenters. The summed E-state index contributed by atoms with van der Waals surface area (Å²) in [5.74, 6) is 5.81. The monoisotopic (exact) mass is 256 g/mol. The van der Waals surface area contributed by atoms with E-state index >= 15 is 0 Å². The summed E-state index contributed by atoms with van der Waals surface area (Å²) < 4.78 is 0. The summed E-state index contributed by atoms with van der Waals surface area (Å²) in [6, 6.07) is 5.62. The third-order valence-corrected chi connectivity index (χ3v) is 3.68. The van der Waals surface area contributed by atoms with Crippen molar-refractivity contribution in [3.63, 3.8) is 0 Å². The molecule has 0 heterocycles. The van der Waals surface area contributed by atoms with Gasteiger partial charge in [-0.2, -0.15) is 0 Å². The molecule has 0 radical (unpaired) electrons. The molecule has 1 fully saturated rings. The number of hydrogen-bond acceptors (Lipinski definition) is 2. The predicted molar refractivity (Wildman–Crippen MR) is 76.8 cm³/mol. The second kappa shape index (κ2) is 5.46. The highest BCUT2D eigenvalue weighted by Crippen LogP contribution is 2.44. The van der Waals surface area contributed by atoms with Crippen LogP contribution < -0.4 is 11.1 Å². The molecule has 0 spiro atoms. The van der Waals surface area contributed by atoms with Crippen LogP contribution in [0.2, 0.25) is 0 Å². The highest BCUT2D eigenvalue weighted by molar-refractivity contribution is 5.96. The molecule has 0 bridgehead atoms. The Hall–Kier alpha value is -1.79. The van der Waals surface area contributed by atoms with E-state index < -0.39 is 0 Å². The van der Waals surface area contributed by atoms with Gasteiger partial charge in [-0.25, -0.2) is 0 Å². The van der Waals surface area contributed by atoms with Crippen molar-refractivity contribution < 1.29 is 4.79 Å². The normalized spacial score (nSPS) is 15.3. The van der Waals surface area contributed by atoms with Crippen molar-refractivity contribution in [1.82, 2.24) is 5.32 Å². The van der Waals surface area contributed by atoms with Gasteiger partial charge >= 0.3 is 0 Å². The van der Waals surface area contributed by atoms with Crippen molar-refractivity contribution in [2.45, 2.75) is 26.7 Å². The molecule has 0 saturated heterocycles. The first-order valence-electron chi connectivity index (χ1n) is 6.62. The lowest BCUT2D eigenvalue weighted by molar-refractivity contribution is 0.0945. The highest BCUT2D eigenvalue weighted by Gasteiger charge is 2.37. The zero-order valence-electron chi connectivity index (χ0n) is 11.5. The number of amides is 1. The fraction of sp³-hybridized carbons (Fsp3) is 0.438. The van der Waals surface area contributed by atoms with E-state index in [4.69, 9.17) is 5.73 Å². The van der Waals surface area contributed by atoms with Crippen molar-refractivity contribution in [2.24, 2.45) is 11.1 Å². The Balaban J connectivity index is 2.12. The summed E-state index contributed by atoms with van der Waals surface area (Å²) in [6.45, 7) is 5.20. The fourth-order valence-corrected chi connectivity index (χ4v) is 1.94. The van der Waals surface area contributed by atoms with Crippen LogP contribution in [0.1, 0.15) is 41.3 Å². The number of nitrogens with one attached hydrogen (secondary N) is 1. The van der Waals surface area contributed by atoms with E-state index in [9.17, 15) is 4.79 Å². The quantitative estimate of drug-likeness (QED) is 0.811. The summed E-state index contributed by atoms with van der Waals surface area (Å²) in [5, 5.41) is 3.01. The molecular weight excluding hydrogens is 236 g/mol. The third kappa shape index (κ3) is 3.36. The van der Waals surface area contributed by atoms with Gasteiger partial charge in [0.1, 0.15) is 0 Å². The molecule has 1 aromatic rings. The Morgan fingerprint density at radius 2 is 2.21 bits per heavy atom. The van der Waals surface area contributed by atoms with Crippen molar-refractivity contribution in [2.75, 3.05) is 13.1 Å². The molecule has 0 aromatic heterocycles. The summed E-state index contributed by atoms with van der Waals surface area (Å²) in [4.78, 5) is 12.2. The Bertz CT molecular complexity index is 548. The van der Waals surface area contributed by atoms with E-state index in [1.165, 1.54) is 12.8 Å². The van der Waals surface area contributed by atoms with Crippen LogP contribution in [0, 0.1) is 24.2 Å². The van der Waals surface area contributed by atoms with Gasteiger partial charge in [-0.1, -0.05) is 24.8 Å². The molecule has 19 heavy (non-hydrogen) atoms. The standard InChI is InChI=1S/C16H20N2O/c1-12-13(6-4-10-17)5-3-7-14(12)15(19)18-11-16(2)8-9-16/h3,5,7H,8-11,17H2,1-2H3,(H,18,19). The van der Waals surface area contributed by atoms with E-state index in [-0.39, 0.29) is 5.91 Å². The van der Waals surface area contributed by atoms with Crippen LogP contribution in [0.3, 0.4) is 0 Å². The molecule has 100 valence electrons. The van der Waals surface area contributed by atoms with E-state index in [0.717, 1.165) is 17.7 Å². The molecule has 1 aliphatic rings. The van der Waals surface area contributed by atoms with Crippen LogP contribution in [-0.2, 0) is 0 Å². The topological polar surface area (TPSA) is 55.1 Å². The fourth-order valence-electron chi connectivity index (χ4n) is 1.94. The maximum absolute atomic E-state index is 12.2. The third-order valence-electron chi connectivity index (χ3n) is 3.68. The molecule has 2 rings (SSSR count). The van der Waals surface area contributed by atoms with E-state index in [1.54, 1.807) is 0 Å². The smallest absolute Gasteiger partial charge is 0.251 e. The van der Waals surface area contributed by atoms with Crippen molar-refractivity contribution in [3.05, 3.63) is 34.9 Å². The Kier molecular flexibility index (Phi) is 3.92.